The summed E-state index contributed by atoms with van der Waals surface area (Å²) in [4.78, 5) is 21.7. The molecule has 6 nitrogen and oxygen atoms in total. The molecular formula is C28H28N4O2. The molecule has 0 saturated carbocycles. The molecule has 0 aliphatic rings. The first-order chi connectivity index (χ1) is 16.6. The molecule has 0 saturated heterocycles. The summed E-state index contributed by atoms with van der Waals surface area (Å²) in [5.74, 6) is -0.337. The summed E-state index contributed by atoms with van der Waals surface area (Å²) in [5, 5.41) is 15.3. The maximum absolute atomic E-state index is 13.3. The lowest BCUT2D eigenvalue weighted by atomic mass is 9.78. The number of hydrogen-bond acceptors (Lipinski definition) is 5. The van der Waals surface area contributed by atoms with Crippen LogP contribution in [0.3, 0.4) is 0 Å². The van der Waals surface area contributed by atoms with Crippen molar-refractivity contribution in [1.29, 1.82) is 0 Å². The number of nitrogens with two attached hydrogens (primary N) is 1. The van der Waals surface area contributed by atoms with Gasteiger partial charge in [-0.1, -0.05) is 72.8 Å². The molecule has 2 heterocycles. The van der Waals surface area contributed by atoms with Crippen molar-refractivity contribution in [3.63, 3.8) is 0 Å². The predicted octanol–water partition coefficient (Wildman–Crippen LogP) is 3.53. The molecule has 0 aliphatic heterocycles. The zero-order chi connectivity index (χ0) is 23.8. The second kappa shape index (κ2) is 10.8. The molecule has 1 amide bonds. The Kier molecular flexibility index (Phi) is 7.42. The molecule has 172 valence electrons. The van der Waals surface area contributed by atoms with Crippen LogP contribution >= 0.6 is 0 Å². The molecule has 2 aromatic heterocycles. The highest BCUT2D eigenvalue weighted by molar-refractivity contribution is 5.82. The highest BCUT2D eigenvalue weighted by atomic mass is 16.3. The molecule has 6 heteroatoms. The first-order valence-corrected chi connectivity index (χ1v) is 11.3. The molecule has 0 radical (unpaired) electrons. The minimum atomic E-state index is -1.63. The third kappa shape index (κ3) is 5.20. The smallest absolute Gasteiger partial charge is 0.237 e. The SMILES string of the molecule is NC(CCc1ccccc1)C(=O)N[C@H](c1ccccc1)C(O)(c1cccnc1)c1cccnc1. The lowest BCUT2D eigenvalue weighted by Crippen LogP contribution is -2.50. The number of nitrogens with zero attached hydrogens (tertiary/aromatic N) is 2. The summed E-state index contributed by atoms with van der Waals surface area (Å²) < 4.78 is 0. The van der Waals surface area contributed by atoms with Crippen LogP contribution in [0.5, 0.6) is 0 Å². The second-order valence-electron chi connectivity index (χ2n) is 8.23. The Labute approximate surface area is 199 Å². The molecule has 0 bridgehead atoms. The maximum Gasteiger partial charge on any atom is 0.237 e. The lowest BCUT2D eigenvalue weighted by Gasteiger charge is -2.38. The van der Waals surface area contributed by atoms with E-state index in [-0.39, 0.29) is 5.91 Å². The van der Waals surface area contributed by atoms with E-state index in [1.807, 2.05) is 60.7 Å². The topological polar surface area (TPSA) is 101 Å². The van der Waals surface area contributed by atoms with Crippen molar-refractivity contribution < 1.29 is 9.90 Å². The lowest BCUT2D eigenvalue weighted by molar-refractivity contribution is -0.125. The van der Waals surface area contributed by atoms with E-state index in [0.29, 0.717) is 24.0 Å². The van der Waals surface area contributed by atoms with Gasteiger partial charge in [-0.25, -0.2) is 0 Å². The number of hydrogen-bond donors (Lipinski definition) is 3. The summed E-state index contributed by atoms with van der Waals surface area (Å²) in [5.41, 5.74) is 7.60. The van der Waals surface area contributed by atoms with Crippen LogP contribution in [0.1, 0.15) is 34.7 Å². The Bertz CT molecular complexity index is 1130. The van der Waals surface area contributed by atoms with Gasteiger partial charge in [0.15, 0.2) is 0 Å². The van der Waals surface area contributed by atoms with E-state index in [4.69, 9.17) is 5.73 Å². The molecular weight excluding hydrogens is 424 g/mol. The molecule has 0 fully saturated rings. The van der Waals surface area contributed by atoms with Crippen LogP contribution in [0.15, 0.2) is 110 Å². The van der Waals surface area contributed by atoms with Crippen molar-refractivity contribution in [3.8, 4) is 0 Å². The number of aliphatic hydroxyl groups is 1. The van der Waals surface area contributed by atoms with Crippen molar-refractivity contribution in [2.75, 3.05) is 0 Å². The van der Waals surface area contributed by atoms with Gasteiger partial charge < -0.3 is 16.2 Å². The van der Waals surface area contributed by atoms with Crippen LogP contribution in [-0.4, -0.2) is 27.0 Å². The summed E-state index contributed by atoms with van der Waals surface area (Å²) in [6.07, 6.45) is 7.65. The van der Waals surface area contributed by atoms with E-state index >= 15 is 0 Å². The molecule has 1 unspecified atom stereocenters. The van der Waals surface area contributed by atoms with Gasteiger partial charge in [0.2, 0.25) is 5.91 Å². The average molecular weight is 453 g/mol. The fraction of sp³-hybridized carbons (Fsp3) is 0.179. The van der Waals surface area contributed by atoms with Crippen molar-refractivity contribution in [2.45, 2.75) is 30.5 Å². The van der Waals surface area contributed by atoms with Gasteiger partial charge in [0.05, 0.1) is 12.1 Å². The van der Waals surface area contributed by atoms with Gasteiger partial charge >= 0.3 is 0 Å². The molecule has 34 heavy (non-hydrogen) atoms. The summed E-state index contributed by atoms with van der Waals surface area (Å²) >= 11 is 0. The molecule has 0 aliphatic carbocycles. The quantitative estimate of drug-likeness (QED) is 0.361. The summed E-state index contributed by atoms with van der Waals surface area (Å²) in [7, 11) is 0. The highest BCUT2D eigenvalue weighted by Crippen LogP contribution is 2.40. The van der Waals surface area contributed by atoms with Crippen LogP contribution < -0.4 is 11.1 Å². The number of nitrogens with one attached hydrogen (secondary N) is 1. The number of pyridine rings is 2. The third-order valence-electron chi connectivity index (χ3n) is 5.96. The number of carbonyl (C=O) groups is 1. The fourth-order valence-electron chi connectivity index (χ4n) is 4.10. The van der Waals surface area contributed by atoms with Crippen LogP contribution in [0.4, 0.5) is 0 Å². The van der Waals surface area contributed by atoms with Crippen molar-refractivity contribution >= 4 is 5.91 Å². The van der Waals surface area contributed by atoms with Gasteiger partial charge in [0.1, 0.15) is 5.60 Å². The summed E-state index contributed by atoms with van der Waals surface area (Å²) in [6, 6.07) is 24.8. The minimum absolute atomic E-state index is 0.337. The Morgan fingerprint density at radius 1 is 0.853 bits per heavy atom. The number of rotatable bonds is 9. The third-order valence-corrected chi connectivity index (χ3v) is 5.96. The molecule has 4 rings (SSSR count). The second-order valence-corrected chi connectivity index (χ2v) is 8.23. The number of aryl methyl sites for hydroxylation is 1. The van der Waals surface area contributed by atoms with E-state index in [2.05, 4.69) is 15.3 Å². The zero-order valence-electron chi connectivity index (χ0n) is 18.8. The summed E-state index contributed by atoms with van der Waals surface area (Å²) in [6.45, 7) is 0. The van der Waals surface area contributed by atoms with Crippen LogP contribution in [0, 0.1) is 0 Å². The standard InChI is InChI=1S/C28H28N4O2/c29-25(16-15-21-9-3-1-4-10-21)27(33)32-26(22-11-5-2-6-12-22)28(34,23-13-7-17-30-19-23)24-14-8-18-31-20-24/h1-14,17-20,25-26,34H,15-16,29H2,(H,32,33)/t25?,26-/m1/s1. The van der Waals surface area contributed by atoms with Crippen LogP contribution in [0.2, 0.25) is 0 Å². The minimum Gasteiger partial charge on any atom is -0.378 e. The maximum atomic E-state index is 13.3. The van der Waals surface area contributed by atoms with E-state index in [1.54, 1.807) is 49.1 Å². The average Bonchev–Trinajstić information content (AvgIpc) is 2.92. The molecule has 2 aromatic carbocycles. The fourth-order valence-corrected chi connectivity index (χ4v) is 4.10. The van der Waals surface area contributed by atoms with Gasteiger partial charge in [-0.2, -0.15) is 0 Å². The Hall–Kier alpha value is -3.87. The molecule has 0 spiro atoms. The monoisotopic (exact) mass is 452 g/mol. The first kappa shape index (κ1) is 23.3. The predicted molar refractivity (Wildman–Crippen MR) is 132 cm³/mol. The van der Waals surface area contributed by atoms with Crippen molar-refractivity contribution in [2.24, 2.45) is 5.73 Å². The van der Waals surface area contributed by atoms with Gasteiger partial charge in [-0.15, -0.1) is 0 Å². The van der Waals surface area contributed by atoms with Gasteiger partial charge in [0.25, 0.3) is 0 Å². The number of carbonyl (C=O) groups excluding carboxylic acids is 1. The Morgan fingerprint density at radius 3 is 1.94 bits per heavy atom. The van der Waals surface area contributed by atoms with Gasteiger partial charge in [-0.05, 0) is 36.1 Å². The van der Waals surface area contributed by atoms with E-state index in [9.17, 15) is 9.90 Å². The zero-order valence-corrected chi connectivity index (χ0v) is 18.8. The number of amides is 1. The number of aromatic nitrogens is 2. The van der Waals surface area contributed by atoms with Crippen molar-refractivity contribution in [1.82, 2.24) is 15.3 Å². The highest BCUT2D eigenvalue weighted by Gasteiger charge is 2.43. The van der Waals surface area contributed by atoms with Gasteiger partial charge in [-0.3, -0.25) is 14.8 Å². The molecule has 2 atom stereocenters. The molecule has 4 N–H and O–H groups in total. The molecule has 4 aromatic rings. The van der Waals surface area contributed by atoms with E-state index < -0.39 is 17.7 Å². The Morgan fingerprint density at radius 2 is 1.41 bits per heavy atom. The normalized spacial score (nSPS) is 13.1. The van der Waals surface area contributed by atoms with E-state index in [0.717, 1.165) is 11.1 Å². The van der Waals surface area contributed by atoms with Gasteiger partial charge in [0, 0.05) is 35.9 Å². The largest absolute Gasteiger partial charge is 0.378 e. The number of benzene rings is 2. The van der Waals surface area contributed by atoms with Crippen molar-refractivity contribution in [3.05, 3.63) is 132 Å². The first-order valence-electron chi connectivity index (χ1n) is 11.3. The van der Waals surface area contributed by atoms with Crippen LogP contribution in [-0.2, 0) is 16.8 Å². The van der Waals surface area contributed by atoms with E-state index in [1.165, 1.54) is 0 Å². The Balaban J connectivity index is 1.68. The van der Waals surface area contributed by atoms with Crippen LogP contribution in [0.25, 0.3) is 0 Å².